The van der Waals surface area contributed by atoms with Gasteiger partial charge in [-0.3, -0.25) is 0 Å². The molecule has 4 aliphatic rings. The van der Waals surface area contributed by atoms with Crippen LogP contribution in [0.25, 0.3) is 0 Å². The fourth-order valence-corrected chi connectivity index (χ4v) is 6.66. The standard InChI is InChI=1S/C20H30O3/c1-12-9-17-15-4-3-13-10-14(22)5-8-20(13,11-21)16(15)6-7-19(17,2)18(12)23/h3,14-18,21-23H,1,4-11H2,2H3/t14-,15?,16?,17?,18+,19+,20-/m1/s1. The zero-order chi connectivity index (χ0) is 16.4. The molecule has 0 aliphatic heterocycles. The average Bonchev–Trinajstić information content (AvgIpc) is 2.78. The molecule has 23 heavy (non-hydrogen) atoms. The second kappa shape index (κ2) is 5.18. The Kier molecular flexibility index (Phi) is 3.57. The van der Waals surface area contributed by atoms with Gasteiger partial charge >= 0.3 is 0 Å². The average molecular weight is 318 g/mol. The summed E-state index contributed by atoms with van der Waals surface area (Å²) in [7, 11) is 0. The molecule has 0 radical (unpaired) electrons. The Morgan fingerprint density at radius 1 is 1.17 bits per heavy atom. The number of allylic oxidation sites excluding steroid dienone is 1. The summed E-state index contributed by atoms with van der Waals surface area (Å²) in [6, 6.07) is 0. The highest BCUT2D eigenvalue weighted by Crippen LogP contribution is 2.65. The van der Waals surface area contributed by atoms with Gasteiger partial charge in [0, 0.05) is 10.8 Å². The summed E-state index contributed by atoms with van der Waals surface area (Å²) in [6.07, 6.45) is 8.24. The van der Waals surface area contributed by atoms with Crippen molar-refractivity contribution >= 4 is 0 Å². The van der Waals surface area contributed by atoms with E-state index in [1.165, 1.54) is 5.57 Å². The third-order valence-electron chi connectivity index (χ3n) is 8.02. The maximum Gasteiger partial charge on any atom is 0.0804 e. The number of aliphatic hydroxyl groups is 3. The van der Waals surface area contributed by atoms with E-state index in [-0.39, 0.29) is 29.6 Å². The molecule has 3 unspecified atom stereocenters. The third-order valence-corrected chi connectivity index (χ3v) is 8.02. The van der Waals surface area contributed by atoms with Crippen LogP contribution in [0.1, 0.15) is 51.9 Å². The van der Waals surface area contributed by atoms with E-state index in [1.54, 1.807) is 0 Å². The topological polar surface area (TPSA) is 60.7 Å². The zero-order valence-corrected chi connectivity index (χ0v) is 14.2. The first kappa shape index (κ1) is 15.9. The van der Waals surface area contributed by atoms with Gasteiger partial charge in [0.05, 0.1) is 18.8 Å². The van der Waals surface area contributed by atoms with E-state index in [4.69, 9.17) is 0 Å². The van der Waals surface area contributed by atoms with Gasteiger partial charge in [-0.05, 0) is 68.3 Å². The minimum atomic E-state index is -0.364. The van der Waals surface area contributed by atoms with Gasteiger partial charge < -0.3 is 15.3 Å². The highest BCUT2D eigenvalue weighted by molar-refractivity contribution is 5.29. The van der Waals surface area contributed by atoms with Crippen LogP contribution in [0.5, 0.6) is 0 Å². The van der Waals surface area contributed by atoms with E-state index in [0.29, 0.717) is 17.8 Å². The van der Waals surface area contributed by atoms with Gasteiger partial charge in [0.1, 0.15) is 0 Å². The minimum absolute atomic E-state index is 0.0333. The molecule has 3 fully saturated rings. The lowest BCUT2D eigenvalue weighted by Gasteiger charge is -2.58. The van der Waals surface area contributed by atoms with Crippen LogP contribution in [0.2, 0.25) is 0 Å². The SMILES string of the molecule is C=C1CC2C3CC=C4C[C@H](O)CC[C@]4(CO)C3CC[C@]2(C)[C@H]1O. The van der Waals surface area contributed by atoms with Gasteiger partial charge in [-0.1, -0.05) is 25.2 Å². The lowest BCUT2D eigenvalue weighted by atomic mass is 9.47. The van der Waals surface area contributed by atoms with Crippen molar-refractivity contribution in [3.05, 3.63) is 23.8 Å². The molecule has 0 aromatic rings. The summed E-state index contributed by atoms with van der Waals surface area (Å²) in [5.74, 6) is 1.52. The fourth-order valence-electron chi connectivity index (χ4n) is 6.66. The lowest BCUT2D eigenvalue weighted by Crippen LogP contribution is -2.53. The van der Waals surface area contributed by atoms with Gasteiger partial charge in [-0.25, -0.2) is 0 Å². The van der Waals surface area contributed by atoms with Crippen molar-refractivity contribution in [2.24, 2.45) is 28.6 Å². The Hall–Kier alpha value is -0.640. The van der Waals surface area contributed by atoms with E-state index in [2.05, 4.69) is 19.6 Å². The summed E-state index contributed by atoms with van der Waals surface area (Å²) in [4.78, 5) is 0. The van der Waals surface area contributed by atoms with E-state index >= 15 is 0 Å². The molecule has 0 heterocycles. The monoisotopic (exact) mass is 318 g/mol. The molecule has 3 saturated carbocycles. The van der Waals surface area contributed by atoms with Crippen LogP contribution in [0, 0.1) is 28.6 Å². The number of hydrogen-bond acceptors (Lipinski definition) is 3. The first-order valence-electron chi connectivity index (χ1n) is 9.26. The second-order valence-corrected chi connectivity index (χ2v) is 8.86. The predicted octanol–water partition coefficient (Wildman–Crippen LogP) is 2.81. The Morgan fingerprint density at radius 3 is 2.70 bits per heavy atom. The molecule has 4 rings (SSSR count). The van der Waals surface area contributed by atoms with Crippen LogP contribution in [0.15, 0.2) is 23.8 Å². The molecule has 4 aliphatic carbocycles. The van der Waals surface area contributed by atoms with Crippen molar-refractivity contribution < 1.29 is 15.3 Å². The Labute approximate surface area is 139 Å². The molecule has 128 valence electrons. The number of rotatable bonds is 1. The molecule has 0 spiro atoms. The minimum Gasteiger partial charge on any atom is -0.395 e. The second-order valence-electron chi connectivity index (χ2n) is 8.86. The maximum absolute atomic E-state index is 10.6. The smallest absolute Gasteiger partial charge is 0.0804 e. The summed E-state index contributed by atoms with van der Waals surface area (Å²) >= 11 is 0. The van der Waals surface area contributed by atoms with E-state index < -0.39 is 0 Å². The van der Waals surface area contributed by atoms with E-state index in [0.717, 1.165) is 50.5 Å². The molecule has 0 bridgehead atoms. The number of hydrogen-bond donors (Lipinski definition) is 3. The quantitative estimate of drug-likeness (QED) is 0.652. The van der Waals surface area contributed by atoms with Gasteiger partial charge in [0.2, 0.25) is 0 Å². The molecular weight excluding hydrogens is 288 g/mol. The van der Waals surface area contributed by atoms with Crippen molar-refractivity contribution in [1.82, 2.24) is 0 Å². The molecule has 0 aromatic carbocycles. The summed E-state index contributed by atoms with van der Waals surface area (Å²) in [6.45, 7) is 6.57. The highest BCUT2D eigenvalue weighted by Gasteiger charge is 2.60. The van der Waals surface area contributed by atoms with Crippen molar-refractivity contribution in [3.63, 3.8) is 0 Å². The molecular formula is C20H30O3. The van der Waals surface area contributed by atoms with Crippen LogP contribution in [0.4, 0.5) is 0 Å². The maximum atomic E-state index is 10.6. The zero-order valence-electron chi connectivity index (χ0n) is 14.2. The molecule has 7 atom stereocenters. The van der Waals surface area contributed by atoms with Crippen LogP contribution >= 0.6 is 0 Å². The van der Waals surface area contributed by atoms with Crippen molar-refractivity contribution in [3.8, 4) is 0 Å². The van der Waals surface area contributed by atoms with Gasteiger partial charge in [0.25, 0.3) is 0 Å². The Bertz CT molecular complexity index is 553. The number of fused-ring (bicyclic) bond motifs is 5. The third kappa shape index (κ3) is 1.99. The van der Waals surface area contributed by atoms with Gasteiger partial charge in [-0.2, -0.15) is 0 Å². The van der Waals surface area contributed by atoms with Crippen LogP contribution in [0.3, 0.4) is 0 Å². The molecule has 3 nitrogen and oxygen atoms in total. The first-order chi connectivity index (χ1) is 10.9. The van der Waals surface area contributed by atoms with Crippen LogP contribution < -0.4 is 0 Å². The van der Waals surface area contributed by atoms with Crippen LogP contribution in [-0.4, -0.2) is 34.1 Å². The molecule has 0 amide bonds. The summed E-state index contributed by atoms with van der Waals surface area (Å²) in [5, 5.41) is 31.0. The van der Waals surface area contributed by atoms with Crippen molar-refractivity contribution in [2.45, 2.75) is 64.1 Å². The number of aliphatic hydroxyl groups excluding tert-OH is 3. The largest absolute Gasteiger partial charge is 0.395 e. The Balaban J connectivity index is 1.72. The van der Waals surface area contributed by atoms with E-state index in [9.17, 15) is 15.3 Å². The lowest BCUT2D eigenvalue weighted by molar-refractivity contribution is -0.0872. The van der Waals surface area contributed by atoms with Gasteiger partial charge in [-0.15, -0.1) is 0 Å². The predicted molar refractivity (Wildman–Crippen MR) is 89.7 cm³/mol. The molecule has 3 heteroatoms. The summed E-state index contributed by atoms with van der Waals surface area (Å²) in [5.41, 5.74) is 2.17. The van der Waals surface area contributed by atoms with Crippen LogP contribution in [-0.2, 0) is 0 Å². The highest BCUT2D eigenvalue weighted by atomic mass is 16.3. The van der Waals surface area contributed by atoms with Gasteiger partial charge in [0.15, 0.2) is 0 Å². The van der Waals surface area contributed by atoms with E-state index in [1.807, 2.05) is 0 Å². The molecule has 3 N–H and O–H groups in total. The molecule has 0 saturated heterocycles. The normalized spacial score (nSPS) is 52.4. The van der Waals surface area contributed by atoms with Crippen molar-refractivity contribution in [2.75, 3.05) is 6.61 Å². The Morgan fingerprint density at radius 2 is 1.96 bits per heavy atom. The molecule has 0 aromatic heterocycles. The fraction of sp³-hybridized carbons (Fsp3) is 0.800. The first-order valence-corrected chi connectivity index (χ1v) is 9.26. The summed E-state index contributed by atoms with van der Waals surface area (Å²) < 4.78 is 0. The van der Waals surface area contributed by atoms with Crippen molar-refractivity contribution in [1.29, 1.82) is 0 Å².